The Morgan fingerprint density at radius 2 is 0.839 bits per heavy atom. The Morgan fingerprint density at radius 1 is 0.429 bits per heavy atom. The molecular weight excluding hydrogens is 854 g/mol. The van der Waals surface area contributed by atoms with Gasteiger partial charge in [0, 0.05) is 39.0 Å². The first-order chi connectivity index (χ1) is 27.3. The highest BCUT2D eigenvalue weighted by Crippen LogP contribution is 2.13. The molecule has 0 rings (SSSR count). The quantitative estimate of drug-likeness (QED) is 0.0405. The molecule has 5 N–H and O–H groups in total. The molecule has 0 saturated heterocycles. The minimum atomic E-state index is -0.717. The molecule has 0 unspecified atom stereocenters. The van der Waals surface area contributed by atoms with E-state index in [0.717, 1.165) is 12.8 Å². The van der Waals surface area contributed by atoms with Gasteiger partial charge < -0.3 is 45.5 Å². The minimum absolute atomic E-state index is 0.0797. The number of carbonyl (C=O) groups is 5. The molecule has 1 atom stereocenters. The fraction of sp³-hybridized carbons (Fsp3) is 0.875. The fourth-order valence-electron chi connectivity index (χ4n) is 5.62. The lowest BCUT2D eigenvalue weighted by Gasteiger charge is -2.18. The van der Waals surface area contributed by atoms with Gasteiger partial charge in [-0.2, -0.15) is 0 Å². The lowest BCUT2D eigenvalue weighted by atomic mass is 10.0. The number of amides is 5. The number of ether oxygens (including phenoxy) is 4. The minimum Gasteiger partial charge on any atom is -0.379 e. The summed E-state index contributed by atoms with van der Waals surface area (Å²) in [7, 11) is 0. The second-order valence-electron chi connectivity index (χ2n) is 13.8. The van der Waals surface area contributed by atoms with Gasteiger partial charge in [-0.05, 0) is 19.3 Å². The summed E-state index contributed by atoms with van der Waals surface area (Å²) >= 11 is 6.15. The van der Waals surface area contributed by atoms with Gasteiger partial charge in [-0.25, -0.2) is 0 Å². The Balaban J connectivity index is 3.52. The van der Waals surface area contributed by atoms with Gasteiger partial charge in [-0.3, -0.25) is 24.0 Å². The van der Waals surface area contributed by atoms with E-state index in [1.807, 2.05) is 0 Å². The smallest absolute Gasteiger partial charge is 0.242 e. The van der Waals surface area contributed by atoms with E-state index in [4.69, 9.17) is 18.9 Å². The first-order valence-electron chi connectivity index (χ1n) is 21.1. The van der Waals surface area contributed by atoms with Crippen molar-refractivity contribution in [1.29, 1.82) is 0 Å². The van der Waals surface area contributed by atoms with Gasteiger partial charge in [0.05, 0.1) is 63.5 Å². The van der Waals surface area contributed by atoms with Gasteiger partial charge in [0.25, 0.3) is 0 Å². The van der Waals surface area contributed by atoms with Crippen LogP contribution in [0.15, 0.2) is 0 Å². The van der Waals surface area contributed by atoms with Gasteiger partial charge in [-0.1, -0.05) is 129 Å². The molecule has 0 fully saturated rings. The Labute approximate surface area is 354 Å². The van der Waals surface area contributed by atoms with Crippen LogP contribution in [0.2, 0.25) is 0 Å². The van der Waals surface area contributed by atoms with Gasteiger partial charge in [0.15, 0.2) is 0 Å². The van der Waals surface area contributed by atoms with Crippen molar-refractivity contribution in [3.05, 3.63) is 0 Å². The number of carbonyl (C=O) groups excluding carboxylic acids is 5. The molecule has 5 amide bonds. The Kier molecular flexibility index (Phi) is 41.3. The second-order valence-corrected chi connectivity index (χ2v) is 14.9. The average molecular weight is 930 g/mol. The van der Waals surface area contributed by atoms with Crippen LogP contribution in [0.25, 0.3) is 0 Å². The predicted octanol–water partition coefficient (Wildman–Crippen LogP) is 5.22. The number of alkyl halides is 2. The molecule has 0 radical (unpaired) electrons. The van der Waals surface area contributed by atoms with Crippen molar-refractivity contribution in [2.75, 3.05) is 89.7 Å². The third-order valence-corrected chi connectivity index (χ3v) is 9.81. The van der Waals surface area contributed by atoms with Crippen molar-refractivity contribution < 1.29 is 42.9 Å². The van der Waals surface area contributed by atoms with E-state index in [1.54, 1.807) is 0 Å². The van der Waals surface area contributed by atoms with Crippen LogP contribution in [0.4, 0.5) is 0 Å². The van der Waals surface area contributed by atoms with Crippen LogP contribution in [-0.2, 0) is 42.9 Å². The first kappa shape index (κ1) is 54.2. The van der Waals surface area contributed by atoms with Gasteiger partial charge >= 0.3 is 0 Å². The normalized spacial score (nSPS) is 11.6. The zero-order valence-corrected chi connectivity index (χ0v) is 37.5. The summed E-state index contributed by atoms with van der Waals surface area (Å²) in [5.41, 5.74) is 0. The van der Waals surface area contributed by atoms with Crippen LogP contribution >= 0.6 is 31.9 Å². The zero-order valence-electron chi connectivity index (χ0n) is 34.3. The number of nitrogens with one attached hydrogen (secondary N) is 5. The van der Waals surface area contributed by atoms with E-state index in [9.17, 15) is 24.0 Å². The van der Waals surface area contributed by atoms with E-state index in [-0.39, 0.29) is 66.4 Å². The molecule has 56 heavy (non-hydrogen) atoms. The largest absolute Gasteiger partial charge is 0.379 e. The van der Waals surface area contributed by atoms with Crippen molar-refractivity contribution in [2.45, 2.75) is 135 Å². The van der Waals surface area contributed by atoms with Crippen molar-refractivity contribution in [1.82, 2.24) is 26.6 Å². The monoisotopic (exact) mass is 927 g/mol. The third kappa shape index (κ3) is 39.0. The van der Waals surface area contributed by atoms with Crippen LogP contribution in [0.1, 0.15) is 129 Å². The maximum Gasteiger partial charge on any atom is 0.242 e. The topological polar surface area (TPSA) is 182 Å². The molecule has 0 aromatic heterocycles. The average Bonchev–Trinajstić information content (AvgIpc) is 3.20. The Morgan fingerprint density at radius 3 is 1.32 bits per heavy atom. The molecule has 0 bridgehead atoms. The van der Waals surface area contributed by atoms with Crippen LogP contribution in [-0.4, -0.2) is 125 Å². The van der Waals surface area contributed by atoms with Crippen LogP contribution < -0.4 is 26.6 Å². The fourth-order valence-corrected chi connectivity index (χ4v) is 5.98. The molecule has 0 aromatic rings. The molecule has 0 spiro atoms. The van der Waals surface area contributed by atoms with Crippen LogP contribution in [0, 0.1) is 0 Å². The molecule has 0 aliphatic rings. The summed E-state index contributed by atoms with van der Waals surface area (Å²) in [6.45, 7) is 6.55. The van der Waals surface area contributed by atoms with E-state index < -0.39 is 6.04 Å². The molecule has 0 heterocycles. The van der Waals surface area contributed by atoms with E-state index in [2.05, 4.69) is 65.4 Å². The number of hydrogen-bond acceptors (Lipinski definition) is 9. The summed E-state index contributed by atoms with van der Waals surface area (Å²) in [6, 6.07) is -0.717. The summed E-state index contributed by atoms with van der Waals surface area (Å²) in [6.07, 6.45) is 21.4. The van der Waals surface area contributed by atoms with Crippen LogP contribution in [0.5, 0.6) is 0 Å². The molecule has 328 valence electrons. The lowest BCUT2D eigenvalue weighted by Crippen LogP contribution is -2.48. The third-order valence-electron chi connectivity index (χ3n) is 8.79. The molecule has 0 aliphatic heterocycles. The lowest BCUT2D eigenvalue weighted by molar-refractivity contribution is -0.128. The second kappa shape index (κ2) is 42.7. The SMILES string of the molecule is CCCCCCCCCCCCCCCCCC(=O)NCCOCCOCCNC(=O)CCOCCOCCNC(=O)[C@H](CCCNC(=O)CBr)NC(=O)CBr. The van der Waals surface area contributed by atoms with E-state index >= 15 is 0 Å². The highest BCUT2D eigenvalue weighted by atomic mass is 79.9. The summed E-state index contributed by atoms with van der Waals surface area (Å²) in [5, 5.41) is 14.1. The summed E-state index contributed by atoms with van der Waals surface area (Å²) in [5.74, 6) is -0.830. The highest BCUT2D eigenvalue weighted by Gasteiger charge is 2.19. The first-order valence-corrected chi connectivity index (χ1v) is 23.4. The number of rotatable bonds is 42. The van der Waals surface area contributed by atoms with Crippen molar-refractivity contribution in [3.63, 3.8) is 0 Å². The summed E-state index contributed by atoms with van der Waals surface area (Å²) < 4.78 is 21.9. The highest BCUT2D eigenvalue weighted by molar-refractivity contribution is 9.09. The van der Waals surface area contributed by atoms with Gasteiger partial charge in [0.2, 0.25) is 29.5 Å². The maximum atomic E-state index is 12.5. The maximum absolute atomic E-state index is 12.5. The molecule has 0 saturated carbocycles. The zero-order chi connectivity index (χ0) is 41.2. The summed E-state index contributed by atoms with van der Waals surface area (Å²) in [4.78, 5) is 59.6. The molecular formula is C40H75Br2N5O9. The van der Waals surface area contributed by atoms with Gasteiger partial charge in [-0.15, -0.1) is 0 Å². The number of halogens is 2. The van der Waals surface area contributed by atoms with E-state index in [0.29, 0.717) is 78.5 Å². The van der Waals surface area contributed by atoms with Crippen LogP contribution in [0.3, 0.4) is 0 Å². The number of hydrogen-bond donors (Lipinski definition) is 5. The number of unbranched alkanes of at least 4 members (excludes halogenated alkanes) is 14. The molecule has 0 aliphatic carbocycles. The van der Waals surface area contributed by atoms with Crippen molar-refractivity contribution in [2.24, 2.45) is 0 Å². The van der Waals surface area contributed by atoms with Gasteiger partial charge in [0.1, 0.15) is 6.04 Å². The van der Waals surface area contributed by atoms with E-state index in [1.165, 1.54) is 83.5 Å². The Hall–Kier alpha value is -1.85. The molecule has 16 heteroatoms. The molecule has 14 nitrogen and oxygen atoms in total. The molecule has 0 aromatic carbocycles. The standard InChI is InChI=1S/C40H75Br2N5O9/c1-2-3-4-5-6-7-8-9-10-11-12-13-14-15-16-19-36(48)44-22-26-54-31-32-55-27-23-45-37(49)20-25-53-29-30-56-28-24-46-40(52)35(47-39(51)34-42)18-17-21-43-38(50)33-41/h35H,2-34H2,1H3,(H,43,50)(H,44,48)(H,45,49)(H,46,52)(H,47,51)/t35-/m0/s1. The Bertz CT molecular complexity index is 985. The van der Waals surface area contributed by atoms with Crippen molar-refractivity contribution >= 4 is 61.4 Å². The van der Waals surface area contributed by atoms with Crippen molar-refractivity contribution in [3.8, 4) is 0 Å². The predicted molar refractivity (Wildman–Crippen MR) is 228 cm³/mol.